The van der Waals surface area contributed by atoms with Gasteiger partial charge in [0.15, 0.2) is 0 Å². The van der Waals surface area contributed by atoms with E-state index in [2.05, 4.69) is 24.6 Å². The van der Waals surface area contributed by atoms with Gasteiger partial charge in [-0.1, -0.05) is 30.7 Å². The van der Waals surface area contributed by atoms with E-state index in [0.29, 0.717) is 0 Å². The maximum absolute atomic E-state index is 6.09. The molecule has 0 fully saturated rings. The van der Waals surface area contributed by atoms with Crippen molar-refractivity contribution in [3.8, 4) is 0 Å². The third-order valence-corrected chi connectivity index (χ3v) is 3.31. The van der Waals surface area contributed by atoms with Gasteiger partial charge in [-0.05, 0) is 30.9 Å². The second-order valence-corrected chi connectivity index (χ2v) is 4.33. The summed E-state index contributed by atoms with van der Waals surface area (Å²) < 4.78 is 0. The molecule has 1 aromatic carbocycles. The first-order chi connectivity index (χ1) is 6.79. The van der Waals surface area contributed by atoms with Gasteiger partial charge < -0.3 is 5.32 Å². The maximum atomic E-state index is 6.09. The minimum absolute atomic E-state index is 0.855. The van der Waals surface area contributed by atoms with Crippen LogP contribution in [0.2, 0.25) is 5.02 Å². The van der Waals surface area contributed by atoms with Gasteiger partial charge >= 0.3 is 0 Å². The molecule has 0 heterocycles. The quantitative estimate of drug-likeness (QED) is 0.612. The first-order valence-corrected chi connectivity index (χ1v) is 6.42. The van der Waals surface area contributed by atoms with Gasteiger partial charge in [0.25, 0.3) is 0 Å². The molecule has 3 heteroatoms. The Kier molecular flexibility index (Phi) is 5.38. The third kappa shape index (κ3) is 3.19. The second kappa shape index (κ2) is 6.33. The van der Waals surface area contributed by atoms with E-state index in [-0.39, 0.29) is 0 Å². The molecule has 0 unspecified atom stereocenters. The molecular formula is C11H16ClNS. The molecule has 1 N–H and O–H groups in total. The Hall–Kier alpha value is -0.180. The summed E-state index contributed by atoms with van der Waals surface area (Å²) >= 11 is 7.80. The van der Waals surface area contributed by atoms with Crippen molar-refractivity contribution in [2.45, 2.75) is 24.8 Å². The van der Waals surface area contributed by atoms with Gasteiger partial charge in [-0.3, -0.25) is 0 Å². The van der Waals surface area contributed by atoms with E-state index in [4.69, 9.17) is 11.6 Å². The van der Waals surface area contributed by atoms with Crippen molar-refractivity contribution < 1.29 is 0 Å². The molecule has 1 nitrogen and oxygen atoms in total. The third-order valence-electron chi connectivity index (χ3n) is 1.99. The summed E-state index contributed by atoms with van der Waals surface area (Å²) in [5.41, 5.74) is 1.29. The Balaban J connectivity index is 2.70. The summed E-state index contributed by atoms with van der Waals surface area (Å²) in [4.78, 5) is 1.19. The van der Waals surface area contributed by atoms with E-state index in [9.17, 15) is 0 Å². The van der Waals surface area contributed by atoms with Crippen molar-refractivity contribution in [1.82, 2.24) is 5.32 Å². The molecule has 0 radical (unpaired) electrons. The van der Waals surface area contributed by atoms with Crippen molar-refractivity contribution in [1.29, 1.82) is 0 Å². The Morgan fingerprint density at radius 3 is 2.86 bits per heavy atom. The zero-order chi connectivity index (χ0) is 10.4. The highest BCUT2D eigenvalue weighted by molar-refractivity contribution is 7.98. The van der Waals surface area contributed by atoms with E-state index < -0.39 is 0 Å². The summed E-state index contributed by atoms with van der Waals surface area (Å²) in [7, 11) is 0. The summed E-state index contributed by atoms with van der Waals surface area (Å²) in [5.74, 6) is 0. The van der Waals surface area contributed by atoms with Crippen LogP contribution >= 0.6 is 23.4 Å². The first kappa shape index (κ1) is 11.9. The van der Waals surface area contributed by atoms with Crippen LogP contribution in [0.1, 0.15) is 18.9 Å². The van der Waals surface area contributed by atoms with Gasteiger partial charge in [-0.2, -0.15) is 0 Å². The summed E-state index contributed by atoms with van der Waals surface area (Å²) in [5, 5.41) is 4.24. The molecule has 78 valence electrons. The minimum Gasteiger partial charge on any atom is -0.313 e. The molecule has 0 bridgehead atoms. The van der Waals surface area contributed by atoms with E-state index in [1.807, 2.05) is 12.1 Å². The fourth-order valence-corrected chi connectivity index (χ4v) is 2.41. The van der Waals surface area contributed by atoms with Crippen molar-refractivity contribution in [3.05, 3.63) is 28.8 Å². The number of hydrogen-bond acceptors (Lipinski definition) is 2. The van der Waals surface area contributed by atoms with Gasteiger partial charge in [-0.15, -0.1) is 11.8 Å². The number of benzene rings is 1. The normalized spacial score (nSPS) is 10.5. The Morgan fingerprint density at radius 1 is 1.43 bits per heavy atom. The SMILES string of the molecule is CCCNCc1cccc(Cl)c1SC. The highest BCUT2D eigenvalue weighted by Gasteiger charge is 2.04. The molecule has 0 aliphatic carbocycles. The molecule has 0 aromatic heterocycles. The van der Waals surface area contributed by atoms with Gasteiger partial charge in [-0.25, -0.2) is 0 Å². The minimum atomic E-state index is 0.855. The summed E-state index contributed by atoms with van der Waals surface area (Å²) in [6.07, 6.45) is 3.22. The van der Waals surface area contributed by atoms with Crippen molar-refractivity contribution in [2.24, 2.45) is 0 Å². The molecule has 14 heavy (non-hydrogen) atoms. The number of nitrogens with one attached hydrogen (secondary N) is 1. The topological polar surface area (TPSA) is 12.0 Å². The zero-order valence-electron chi connectivity index (χ0n) is 8.64. The smallest absolute Gasteiger partial charge is 0.0545 e. The van der Waals surface area contributed by atoms with Crippen molar-refractivity contribution in [2.75, 3.05) is 12.8 Å². The zero-order valence-corrected chi connectivity index (χ0v) is 10.2. The van der Waals surface area contributed by atoms with Crippen LogP contribution in [0.5, 0.6) is 0 Å². The average Bonchev–Trinajstić information content (AvgIpc) is 2.18. The van der Waals surface area contributed by atoms with E-state index in [1.165, 1.54) is 10.5 Å². The molecule has 1 rings (SSSR count). The predicted octanol–water partition coefficient (Wildman–Crippen LogP) is 3.56. The molecule has 1 aromatic rings. The first-order valence-electron chi connectivity index (χ1n) is 4.81. The highest BCUT2D eigenvalue weighted by Crippen LogP contribution is 2.28. The number of rotatable bonds is 5. The van der Waals surface area contributed by atoms with Crippen LogP contribution in [0.3, 0.4) is 0 Å². The lowest BCUT2D eigenvalue weighted by Crippen LogP contribution is -2.14. The number of thioether (sulfide) groups is 1. The molecule has 0 spiro atoms. The Labute approximate surface area is 95.2 Å². The van der Waals surface area contributed by atoms with Gasteiger partial charge in [0.2, 0.25) is 0 Å². The van der Waals surface area contributed by atoms with Crippen LogP contribution < -0.4 is 5.32 Å². The molecule has 0 atom stereocenters. The van der Waals surface area contributed by atoms with E-state index in [0.717, 1.165) is 24.5 Å². The van der Waals surface area contributed by atoms with Gasteiger partial charge in [0, 0.05) is 11.4 Å². The average molecular weight is 230 g/mol. The van der Waals surface area contributed by atoms with Crippen molar-refractivity contribution >= 4 is 23.4 Å². The summed E-state index contributed by atoms with van der Waals surface area (Å²) in [6.45, 7) is 4.13. The standard InChI is InChI=1S/C11H16ClNS/c1-3-7-13-8-9-5-4-6-10(12)11(9)14-2/h4-6,13H,3,7-8H2,1-2H3. The lowest BCUT2D eigenvalue weighted by molar-refractivity contribution is 0.669. The molecule has 0 saturated carbocycles. The Morgan fingerprint density at radius 2 is 2.21 bits per heavy atom. The highest BCUT2D eigenvalue weighted by atomic mass is 35.5. The lowest BCUT2D eigenvalue weighted by Gasteiger charge is -2.09. The molecule has 0 aliphatic rings. The van der Waals surface area contributed by atoms with E-state index in [1.54, 1.807) is 11.8 Å². The largest absolute Gasteiger partial charge is 0.313 e. The van der Waals surface area contributed by atoms with Crippen molar-refractivity contribution in [3.63, 3.8) is 0 Å². The summed E-state index contributed by atoms with van der Waals surface area (Å²) in [6, 6.07) is 6.07. The molecule has 0 amide bonds. The van der Waals surface area contributed by atoms with Gasteiger partial charge in [0.1, 0.15) is 0 Å². The van der Waals surface area contributed by atoms with E-state index >= 15 is 0 Å². The molecular weight excluding hydrogens is 214 g/mol. The fraction of sp³-hybridized carbons (Fsp3) is 0.455. The van der Waals surface area contributed by atoms with Crippen LogP contribution in [0, 0.1) is 0 Å². The molecule has 0 saturated heterocycles. The van der Waals surface area contributed by atoms with Gasteiger partial charge in [0.05, 0.1) is 5.02 Å². The predicted molar refractivity (Wildman–Crippen MR) is 65.2 cm³/mol. The van der Waals surface area contributed by atoms with Crippen LogP contribution in [-0.2, 0) is 6.54 Å². The van der Waals surface area contributed by atoms with Crippen LogP contribution in [0.15, 0.2) is 23.1 Å². The number of halogens is 1. The van der Waals surface area contributed by atoms with Crippen LogP contribution in [0.4, 0.5) is 0 Å². The fourth-order valence-electron chi connectivity index (χ4n) is 1.32. The Bertz CT molecular complexity index is 289. The number of hydrogen-bond donors (Lipinski definition) is 1. The van der Waals surface area contributed by atoms with Crippen LogP contribution in [-0.4, -0.2) is 12.8 Å². The lowest BCUT2D eigenvalue weighted by atomic mass is 10.2. The maximum Gasteiger partial charge on any atom is 0.0545 e. The molecule has 0 aliphatic heterocycles. The second-order valence-electron chi connectivity index (χ2n) is 3.11. The monoisotopic (exact) mass is 229 g/mol. The van der Waals surface area contributed by atoms with Crippen LogP contribution in [0.25, 0.3) is 0 Å².